The first kappa shape index (κ1) is 13.7. The van der Waals surface area contributed by atoms with Gasteiger partial charge in [-0.1, -0.05) is 0 Å². The molecule has 0 aromatic carbocycles. The van der Waals surface area contributed by atoms with Crippen LogP contribution in [-0.2, 0) is 22.4 Å². The zero-order valence-corrected chi connectivity index (χ0v) is 12.6. The van der Waals surface area contributed by atoms with Crippen LogP contribution in [0.4, 0.5) is 5.82 Å². The first-order chi connectivity index (χ1) is 10.7. The number of Topliss-reactive ketones (excluding diaryl/α,β-unsaturated/α-hetero) is 1. The molecule has 1 aromatic heterocycles. The number of hydrogen-bond donors (Lipinski definition) is 0. The molecular formula is C16H20N4O2. The van der Waals surface area contributed by atoms with Crippen LogP contribution in [0.15, 0.2) is 6.07 Å². The number of anilines is 1. The van der Waals surface area contributed by atoms with E-state index in [-0.39, 0.29) is 17.6 Å². The quantitative estimate of drug-likeness (QED) is 0.800. The molecule has 0 atom stereocenters. The zero-order chi connectivity index (χ0) is 15.1. The molecule has 6 heteroatoms. The largest absolute Gasteiger partial charge is 0.352 e. The number of ketones is 1. The lowest BCUT2D eigenvalue weighted by molar-refractivity contribution is -0.145. The highest BCUT2D eigenvalue weighted by atomic mass is 16.2. The molecule has 1 amide bonds. The maximum absolute atomic E-state index is 12.2. The van der Waals surface area contributed by atoms with E-state index >= 15 is 0 Å². The number of aryl methyl sites for hydroxylation is 2. The van der Waals surface area contributed by atoms with E-state index in [0.29, 0.717) is 25.9 Å². The average Bonchev–Trinajstić information content (AvgIpc) is 2.99. The Kier molecular flexibility index (Phi) is 3.32. The van der Waals surface area contributed by atoms with Crippen molar-refractivity contribution in [2.45, 2.75) is 32.1 Å². The van der Waals surface area contributed by atoms with Gasteiger partial charge in [-0.15, -0.1) is 5.10 Å². The van der Waals surface area contributed by atoms with Crippen LogP contribution in [0.5, 0.6) is 0 Å². The highest BCUT2D eigenvalue weighted by Crippen LogP contribution is 2.27. The number of rotatable bonds is 2. The standard InChI is InChI=1S/C16H20N4O2/c21-13-8-12(9-13)16(22)20-6-4-19(5-7-20)15-10-11-2-1-3-14(11)17-18-15/h10,12H,1-9H2. The summed E-state index contributed by atoms with van der Waals surface area (Å²) in [6.45, 7) is 3.00. The Balaban J connectivity index is 1.37. The van der Waals surface area contributed by atoms with Gasteiger partial charge in [0, 0.05) is 39.0 Å². The van der Waals surface area contributed by atoms with Crippen LogP contribution < -0.4 is 4.90 Å². The molecule has 6 nitrogen and oxygen atoms in total. The van der Waals surface area contributed by atoms with Gasteiger partial charge in [-0.3, -0.25) is 9.59 Å². The first-order valence-corrected chi connectivity index (χ1v) is 8.11. The zero-order valence-electron chi connectivity index (χ0n) is 12.6. The number of nitrogens with zero attached hydrogens (tertiary/aromatic N) is 4. The monoisotopic (exact) mass is 300 g/mol. The number of piperazine rings is 1. The summed E-state index contributed by atoms with van der Waals surface area (Å²) in [6, 6.07) is 2.16. The number of carbonyl (C=O) groups is 2. The maximum Gasteiger partial charge on any atom is 0.226 e. The minimum absolute atomic E-state index is 0.0566. The second-order valence-corrected chi connectivity index (χ2v) is 6.48. The van der Waals surface area contributed by atoms with Gasteiger partial charge in [-0.25, -0.2) is 0 Å². The van der Waals surface area contributed by atoms with Crippen LogP contribution in [0.1, 0.15) is 30.5 Å². The maximum atomic E-state index is 12.2. The molecule has 2 aliphatic carbocycles. The molecule has 1 aromatic rings. The lowest BCUT2D eigenvalue weighted by Crippen LogP contribution is -2.52. The highest BCUT2D eigenvalue weighted by Gasteiger charge is 2.36. The topological polar surface area (TPSA) is 66.4 Å². The summed E-state index contributed by atoms with van der Waals surface area (Å²) in [6.07, 6.45) is 4.21. The normalized spacial score (nSPS) is 21.7. The van der Waals surface area contributed by atoms with Crippen LogP contribution in [0, 0.1) is 5.92 Å². The van der Waals surface area contributed by atoms with Gasteiger partial charge in [0.05, 0.1) is 11.6 Å². The lowest BCUT2D eigenvalue weighted by Gasteiger charge is -2.38. The van der Waals surface area contributed by atoms with Crippen LogP contribution in [0.25, 0.3) is 0 Å². The SMILES string of the molecule is O=C1CC(C(=O)N2CCN(c3cc4c(nn3)CCC4)CC2)C1. The molecule has 4 rings (SSSR count). The van der Waals surface area contributed by atoms with Gasteiger partial charge in [-0.2, -0.15) is 5.10 Å². The van der Waals surface area contributed by atoms with Gasteiger partial charge in [0.2, 0.25) is 5.91 Å². The number of amides is 1. The molecule has 116 valence electrons. The summed E-state index contributed by atoms with van der Waals surface area (Å²) in [5, 5.41) is 8.68. The van der Waals surface area contributed by atoms with Crippen LogP contribution in [-0.4, -0.2) is 53.0 Å². The van der Waals surface area contributed by atoms with Crippen molar-refractivity contribution >= 4 is 17.5 Å². The van der Waals surface area contributed by atoms with Gasteiger partial charge in [0.1, 0.15) is 5.78 Å². The van der Waals surface area contributed by atoms with Crippen molar-refractivity contribution in [3.63, 3.8) is 0 Å². The molecule has 1 saturated heterocycles. The van der Waals surface area contributed by atoms with Crippen LogP contribution in [0.3, 0.4) is 0 Å². The van der Waals surface area contributed by atoms with Crippen LogP contribution in [0.2, 0.25) is 0 Å². The fraction of sp³-hybridized carbons (Fsp3) is 0.625. The summed E-state index contributed by atoms with van der Waals surface area (Å²) in [5.74, 6) is 1.25. The van der Waals surface area contributed by atoms with E-state index in [1.165, 1.54) is 12.0 Å². The Morgan fingerprint density at radius 2 is 1.86 bits per heavy atom. The molecular weight excluding hydrogens is 280 g/mol. The fourth-order valence-corrected chi connectivity index (χ4v) is 3.55. The molecule has 22 heavy (non-hydrogen) atoms. The second kappa shape index (κ2) is 5.34. The molecule has 1 saturated carbocycles. The van der Waals surface area contributed by atoms with Crippen LogP contribution >= 0.6 is 0 Å². The van der Waals surface area contributed by atoms with E-state index in [2.05, 4.69) is 21.2 Å². The van der Waals surface area contributed by atoms with E-state index in [4.69, 9.17) is 0 Å². The second-order valence-electron chi connectivity index (χ2n) is 6.48. The summed E-state index contributed by atoms with van der Waals surface area (Å²) in [7, 11) is 0. The Labute approximate surface area is 129 Å². The van der Waals surface area contributed by atoms with Gasteiger partial charge < -0.3 is 9.80 Å². The number of hydrogen-bond acceptors (Lipinski definition) is 5. The molecule has 2 heterocycles. The Bertz CT molecular complexity index is 615. The summed E-state index contributed by atoms with van der Waals surface area (Å²) in [4.78, 5) is 27.4. The third-order valence-electron chi connectivity index (χ3n) is 5.02. The van der Waals surface area contributed by atoms with Crippen molar-refractivity contribution in [2.24, 2.45) is 5.92 Å². The van der Waals surface area contributed by atoms with Gasteiger partial charge in [0.25, 0.3) is 0 Å². The molecule has 0 bridgehead atoms. The molecule has 2 fully saturated rings. The van der Waals surface area contributed by atoms with Crippen molar-refractivity contribution < 1.29 is 9.59 Å². The van der Waals surface area contributed by atoms with Crippen molar-refractivity contribution in [1.29, 1.82) is 0 Å². The van der Waals surface area contributed by atoms with E-state index in [1.807, 2.05) is 4.90 Å². The van der Waals surface area contributed by atoms with Crippen molar-refractivity contribution in [3.8, 4) is 0 Å². The van der Waals surface area contributed by atoms with E-state index in [0.717, 1.165) is 37.4 Å². The first-order valence-electron chi connectivity index (χ1n) is 8.11. The van der Waals surface area contributed by atoms with E-state index in [1.54, 1.807) is 0 Å². The molecule has 0 N–H and O–H groups in total. The van der Waals surface area contributed by atoms with E-state index in [9.17, 15) is 9.59 Å². The average molecular weight is 300 g/mol. The Morgan fingerprint density at radius 3 is 2.59 bits per heavy atom. The van der Waals surface area contributed by atoms with Crippen molar-refractivity contribution in [2.75, 3.05) is 31.1 Å². The fourth-order valence-electron chi connectivity index (χ4n) is 3.55. The van der Waals surface area contributed by atoms with Crippen molar-refractivity contribution in [3.05, 3.63) is 17.3 Å². The van der Waals surface area contributed by atoms with Gasteiger partial charge in [0.15, 0.2) is 5.82 Å². The molecule has 1 aliphatic heterocycles. The summed E-state index contributed by atoms with van der Waals surface area (Å²) in [5.41, 5.74) is 2.48. The van der Waals surface area contributed by atoms with Crippen molar-refractivity contribution in [1.82, 2.24) is 15.1 Å². The number of aromatic nitrogens is 2. The summed E-state index contributed by atoms with van der Waals surface area (Å²) < 4.78 is 0. The molecule has 3 aliphatic rings. The molecule has 0 radical (unpaired) electrons. The predicted octanol–water partition coefficient (Wildman–Crippen LogP) is 0.593. The van der Waals surface area contributed by atoms with Gasteiger partial charge >= 0.3 is 0 Å². The number of carbonyl (C=O) groups excluding carboxylic acids is 2. The van der Waals surface area contributed by atoms with Gasteiger partial charge in [-0.05, 0) is 30.9 Å². The highest BCUT2D eigenvalue weighted by molar-refractivity contribution is 5.96. The summed E-state index contributed by atoms with van der Waals surface area (Å²) >= 11 is 0. The van der Waals surface area contributed by atoms with E-state index < -0.39 is 0 Å². The Hall–Kier alpha value is -1.98. The molecule has 0 unspecified atom stereocenters. The third-order valence-corrected chi connectivity index (χ3v) is 5.02. The smallest absolute Gasteiger partial charge is 0.226 e. The third kappa shape index (κ3) is 2.36. The molecule has 0 spiro atoms. The predicted molar refractivity (Wildman–Crippen MR) is 80.6 cm³/mol. The Morgan fingerprint density at radius 1 is 1.09 bits per heavy atom. The minimum atomic E-state index is -0.0566. The minimum Gasteiger partial charge on any atom is -0.352 e. The lowest BCUT2D eigenvalue weighted by atomic mass is 9.83. The number of fused-ring (bicyclic) bond motifs is 1.